The lowest BCUT2D eigenvalue weighted by Gasteiger charge is -2.19. The molecule has 1 aromatic carbocycles. The van der Waals surface area contributed by atoms with Gasteiger partial charge in [-0.25, -0.2) is 0 Å². The molecule has 17 heavy (non-hydrogen) atoms. The average molecular weight is 235 g/mol. The molecule has 0 aromatic heterocycles. The van der Waals surface area contributed by atoms with Crippen LogP contribution in [0.5, 0.6) is 11.5 Å². The second-order valence-corrected chi connectivity index (χ2v) is 4.62. The van der Waals surface area contributed by atoms with E-state index in [1.165, 1.54) is 0 Å². The quantitative estimate of drug-likeness (QED) is 0.590. The van der Waals surface area contributed by atoms with Crippen LogP contribution in [0.4, 0.5) is 0 Å². The lowest BCUT2D eigenvalue weighted by Crippen LogP contribution is -2.38. The number of benzene rings is 1. The van der Waals surface area contributed by atoms with Gasteiger partial charge in [0.15, 0.2) is 11.5 Å². The summed E-state index contributed by atoms with van der Waals surface area (Å²) in [7, 11) is -1.56. The zero-order chi connectivity index (χ0) is 12.0. The Morgan fingerprint density at radius 3 is 2.65 bits per heavy atom. The van der Waals surface area contributed by atoms with Gasteiger partial charge in [-0.05, 0) is 24.5 Å². The Kier molecular flexibility index (Phi) is 2.32. The van der Waals surface area contributed by atoms with Gasteiger partial charge in [0.1, 0.15) is 0 Å². The molecule has 1 aliphatic carbocycles. The lowest BCUT2D eigenvalue weighted by atomic mass is 9.72. The highest BCUT2D eigenvalue weighted by Gasteiger charge is 2.47. The molecule has 5 nitrogen and oxygen atoms in total. The summed E-state index contributed by atoms with van der Waals surface area (Å²) in [6.45, 7) is 0.625. The van der Waals surface area contributed by atoms with Crippen LogP contribution in [0.15, 0.2) is 12.1 Å². The molecule has 1 saturated carbocycles. The van der Waals surface area contributed by atoms with Crippen LogP contribution in [-0.4, -0.2) is 30.5 Å². The number of hydrogen-bond acceptors (Lipinski definition) is 5. The molecular weight excluding hydrogens is 221 g/mol. The fourth-order valence-electron chi connectivity index (χ4n) is 2.45. The molecule has 0 amide bonds. The van der Waals surface area contributed by atoms with Crippen molar-refractivity contribution < 1.29 is 19.5 Å². The van der Waals surface area contributed by atoms with E-state index < -0.39 is 7.12 Å². The van der Waals surface area contributed by atoms with Gasteiger partial charge in [-0.15, -0.1) is 0 Å². The molecule has 0 unspecified atom stereocenters. The van der Waals surface area contributed by atoms with Crippen molar-refractivity contribution in [2.24, 2.45) is 5.73 Å². The van der Waals surface area contributed by atoms with E-state index >= 15 is 0 Å². The van der Waals surface area contributed by atoms with Gasteiger partial charge >= 0.3 is 7.12 Å². The highest BCUT2D eigenvalue weighted by molar-refractivity contribution is 6.60. The molecule has 1 heterocycles. The van der Waals surface area contributed by atoms with Crippen molar-refractivity contribution in [2.45, 2.75) is 18.3 Å². The Morgan fingerprint density at radius 2 is 2.06 bits per heavy atom. The molecule has 6 heteroatoms. The summed E-state index contributed by atoms with van der Waals surface area (Å²) in [5, 5.41) is 19.1. The molecule has 0 atom stereocenters. The zero-order valence-corrected chi connectivity index (χ0v) is 9.35. The third-order valence-electron chi connectivity index (χ3n) is 3.65. The van der Waals surface area contributed by atoms with Crippen LogP contribution in [-0.2, 0) is 5.41 Å². The number of ether oxygens (including phenoxy) is 2. The molecule has 0 bridgehead atoms. The van der Waals surface area contributed by atoms with E-state index in [-0.39, 0.29) is 12.2 Å². The lowest BCUT2D eigenvalue weighted by molar-refractivity contribution is 0.174. The van der Waals surface area contributed by atoms with Crippen molar-refractivity contribution >= 4 is 12.6 Å². The molecule has 3 rings (SSSR count). The minimum atomic E-state index is -1.56. The third kappa shape index (κ3) is 1.52. The molecule has 0 radical (unpaired) electrons. The van der Waals surface area contributed by atoms with E-state index in [4.69, 9.17) is 15.2 Å². The largest absolute Gasteiger partial charge is 0.492 e. The molecule has 0 saturated heterocycles. The summed E-state index contributed by atoms with van der Waals surface area (Å²) in [5.41, 5.74) is 6.95. The van der Waals surface area contributed by atoms with Gasteiger partial charge in [0.25, 0.3) is 0 Å². The molecule has 4 N–H and O–H groups in total. The minimum absolute atomic E-state index is 0.111. The van der Waals surface area contributed by atoms with E-state index in [0.717, 1.165) is 18.4 Å². The highest BCUT2D eigenvalue weighted by Crippen LogP contribution is 2.48. The van der Waals surface area contributed by atoms with Crippen LogP contribution in [0.2, 0.25) is 0 Å². The van der Waals surface area contributed by atoms with Crippen LogP contribution >= 0.6 is 0 Å². The SMILES string of the molecule is NCC1(c2ccc3c(c2B(O)O)OCO3)CC1. The van der Waals surface area contributed by atoms with E-state index in [1.54, 1.807) is 6.07 Å². The molecule has 1 fully saturated rings. The van der Waals surface area contributed by atoms with Crippen molar-refractivity contribution in [3.05, 3.63) is 17.7 Å². The maximum Gasteiger partial charge on any atom is 0.492 e. The molecule has 0 spiro atoms. The van der Waals surface area contributed by atoms with Crippen molar-refractivity contribution in [3.63, 3.8) is 0 Å². The van der Waals surface area contributed by atoms with Gasteiger partial charge < -0.3 is 25.3 Å². The zero-order valence-electron chi connectivity index (χ0n) is 9.35. The second kappa shape index (κ2) is 3.63. The monoisotopic (exact) mass is 235 g/mol. The Hall–Kier alpha value is -1.24. The Morgan fingerprint density at radius 1 is 1.29 bits per heavy atom. The van der Waals surface area contributed by atoms with Crippen molar-refractivity contribution in [3.8, 4) is 11.5 Å². The number of fused-ring (bicyclic) bond motifs is 1. The summed E-state index contributed by atoms with van der Waals surface area (Å²) in [6.07, 6.45) is 1.95. The van der Waals surface area contributed by atoms with E-state index in [0.29, 0.717) is 23.5 Å². The number of hydrogen-bond donors (Lipinski definition) is 3. The normalized spacial score (nSPS) is 19.2. The van der Waals surface area contributed by atoms with Gasteiger partial charge in [-0.1, -0.05) is 6.07 Å². The Balaban J connectivity index is 2.16. The molecule has 1 aromatic rings. The molecule has 90 valence electrons. The van der Waals surface area contributed by atoms with Gasteiger partial charge in [-0.2, -0.15) is 0 Å². The Bertz CT molecular complexity index is 459. The van der Waals surface area contributed by atoms with Crippen LogP contribution in [0, 0.1) is 0 Å². The second-order valence-electron chi connectivity index (χ2n) is 4.62. The summed E-state index contributed by atoms with van der Waals surface area (Å²) < 4.78 is 10.6. The summed E-state index contributed by atoms with van der Waals surface area (Å²) >= 11 is 0. The first-order valence-corrected chi connectivity index (χ1v) is 5.67. The standard InChI is InChI=1S/C11H14BNO4/c13-5-11(3-4-11)7-1-2-8-10(17-6-16-8)9(7)12(14)15/h1-2,14-15H,3-6,13H2. The van der Waals surface area contributed by atoms with E-state index in [1.807, 2.05) is 6.07 Å². The van der Waals surface area contributed by atoms with Crippen LogP contribution in [0.3, 0.4) is 0 Å². The predicted octanol–water partition coefficient (Wildman–Crippen LogP) is -0.915. The molecule has 1 aliphatic heterocycles. The van der Waals surface area contributed by atoms with Crippen LogP contribution in [0.25, 0.3) is 0 Å². The van der Waals surface area contributed by atoms with Gasteiger partial charge in [-0.3, -0.25) is 0 Å². The summed E-state index contributed by atoms with van der Waals surface area (Å²) in [5.74, 6) is 1.00. The average Bonchev–Trinajstić information content (AvgIpc) is 2.98. The molecular formula is C11H14BNO4. The minimum Gasteiger partial charge on any atom is -0.454 e. The first-order chi connectivity index (χ1) is 8.18. The van der Waals surface area contributed by atoms with Gasteiger partial charge in [0.2, 0.25) is 6.79 Å². The number of nitrogens with two attached hydrogens (primary N) is 1. The topological polar surface area (TPSA) is 84.9 Å². The highest BCUT2D eigenvalue weighted by atomic mass is 16.7. The Labute approximate surface area is 99.3 Å². The predicted molar refractivity (Wildman–Crippen MR) is 62.4 cm³/mol. The van der Waals surface area contributed by atoms with Crippen molar-refractivity contribution in [1.29, 1.82) is 0 Å². The summed E-state index contributed by atoms with van der Waals surface area (Å²) in [6, 6.07) is 3.67. The number of rotatable bonds is 3. The van der Waals surface area contributed by atoms with E-state index in [2.05, 4.69) is 0 Å². The maximum absolute atomic E-state index is 9.53. The third-order valence-corrected chi connectivity index (χ3v) is 3.65. The smallest absolute Gasteiger partial charge is 0.454 e. The maximum atomic E-state index is 9.53. The van der Waals surface area contributed by atoms with Crippen LogP contribution < -0.4 is 20.7 Å². The summed E-state index contributed by atoms with van der Waals surface area (Å²) in [4.78, 5) is 0. The van der Waals surface area contributed by atoms with E-state index in [9.17, 15) is 10.0 Å². The first-order valence-electron chi connectivity index (χ1n) is 5.67. The molecule has 2 aliphatic rings. The van der Waals surface area contributed by atoms with Crippen LogP contribution in [0.1, 0.15) is 18.4 Å². The van der Waals surface area contributed by atoms with Gasteiger partial charge in [0.05, 0.1) is 0 Å². The van der Waals surface area contributed by atoms with Crippen molar-refractivity contribution in [2.75, 3.05) is 13.3 Å². The fourth-order valence-corrected chi connectivity index (χ4v) is 2.45. The first kappa shape index (κ1) is 10.9. The van der Waals surface area contributed by atoms with Gasteiger partial charge in [0, 0.05) is 17.4 Å². The van der Waals surface area contributed by atoms with Crippen molar-refractivity contribution in [1.82, 2.24) is 0 Å². The fraction of sp³-hybridized carbons (Fsp3) is 0.455.